The summed E-state index contributed by atoms with van der Waals surface area (Å²) in [6.07, 6.45) is -0.871. The fourth-order valence-corrected chi connectivity index (χ4v) is 2.30. The molecule has 0 fully saturated rings. The summed E-state index contributed by atoms with van der Waals surface area (Å²) in [5.41, 5.74) is 1.39. The largest absolute Gasteiger partial charge is 0.387 e. The molecule has 0 spiro atoms. The molecule has 118 valence electrons. The van der Waals surface area contributed by atoms with Crippen molar-refractivity contribution in [3.05, 3.63) is 63.6 Å². The average Bonchev–Trinajstić information content (AvgIpc) is 2.53. The van der Waals surface area contributed by atoms with Crippen LogP contribution in [0, 0.1) is 11.3 Å². The smallest absolute Gasteiger partial charge is 0.319 e. The van der Waals surface area contributed by atoms with Crippen molar-refractivity contribution >= 4 is 34.9 Å². The van der Waals surface area contributed by atoms with Gasteiger partial charge in [0.2, 0.25) is 0 Å². The molecule has 7 heteroatoms. The van der Waals surface area contributed by atoms with Crippen LogP contribution in [0.1, 0.15) is 17.2 Å². The molecule has 1 atom stereocenters. The molecule has 0 aromatic heterocycles. The third kappa shape index (κ3) is 4.86. The Labute approximate surface area is 143 Å². The van der Waals surface area contributed by atoms with Gasteiger partial charge in [0, 0.05) is 17.3 Å². The molecular weight excluding hydrogens is 337 g/mol. The number of halogens is 2. The molecule has 5 nitrogen and oxygen atoms in total. The highest BCUT2D eigenvalue weighted by Crippen LogP contribution is 2.20. The molecule has 0 radical (unpaired) electrons. The summed E-state index contributed by atoms with van der Waals surface area (Å²) in [4.78, 5) is 11.8. The van der Waals surface area contributed by atoms with Gasteiger partial charge < -0.3 is 15.7 Å². The molecule has 0 aliphatic heterocycles. The Kier molecular flexibility index (Phi) is 5.83. The van der Waals surface area contributed by atoms with E-state index >= 15 is 0 Å². The average molecular weight is 350 g/mol. The number of aliphatic hydroxyl groups is 1. The summed E-state index contributed by atoms with van der Waals surface area (Å²) >= 11 is 11.7. The lowest BCUT2D eigenvalue weighted by molar-refractivity contribution is 0.175. The molecule has 0 saturated carbocycles. The molecular formula is C16H13Cl2N3O2. The quantitative estimate of drug-likeness (QED) is 0.786. The number of anilines is 1. The van der Waals surface area contributed by atoms with Gasteiger partial charge in [0.05, 0.1) is 16.7 Å². The van der Waals surface area contributed by atoms with E-state index in [1.807, 2.05) is 6.07 Å². The van der Waals surface area contributed by atoms with Crippen molar-refractivity contribution in [1.82, 2.24) is 5.32 Å². The maximum Gasteiger partial charge on any atom is 0.319 e. The van der Waals surface area contributed by atoms with Crippen LogP contribution in [0.15, 0.2) is 42.5 Å². The normalized spacial score (nSPS) is 11.4. The fourth-order valence-electron chi connectivity index (χ4n) is 1.88. The lowest BCUT2D eigenvalue weighted by atomic mass is 10.1. The molecule has 0 saturated heterocycles. The monoisotopic (exact) mass is 349 g/mol. The minimum atomic E-state index is -0.871. The van der Waals surface area contributed by atoms with E-state index in [0.717, 1.165) is 0 Å². The molecule has 2 aromatic carbocycles. The minimum absolute atomic E-state index is 0.0240. The first-order valence-electron chi connectivity index (χ1n) is 6.67. The zero-order valence-corrected chi connectivity index (χ0v) is 13.4. The van der Waals surface area contributed by atoms with Crippen LogP contribution in [0.4, 0.5) is 10.5 Å². The van der Waals surface area contributed by atoms with Gasteiger partial charge >= 0.3 is 6.03 Å². The maximum atomic E-state index is 11.8. The second-order valence-corrected chi connectivity index (χ2v) is 5.56. The highest BCUT2D eigenvalue weighted by Gasteiger charge is 2.10. The molecule has 2 rings (SSSR count). The first kappa shape index (κ1) is 17.1. The molecule has 0 bridgehead atoms. The molecule has 23 heavy (non-hydrogen) atoms. The summed E-state index contributed by atoms with van der Waals surface area (Å²) < 4.78 is 0. The van der Waals surface area contributed by atoms with Gasteiger partial charge in [0.15, 0.2) is 0 Å². The Hall–Kier alpha value is -2.26. The number of hydrogen-bond acceptors (Lipinski definition) is 3. The summed E-state index contributed by atoms with van der Waals surface area (Å²) in [5, 5.41) is 24.7. The van der Waals surface area contributed by atoms with Crippen LogP contribution in [-0.4, -0.2) is 17.7 Å². The van der Waals surface area contributed by atoms with E-state index in [9.17, 15) is 9.90 Å². The SMILES string of the molecule is N#Cc1ccc(NC(=O)NC[C@@H](O)c2cccc(Cl)c2)cc1Cl. The third-order valence-electron chi connectivity index (χ3n) is 3.04. The Morgan fingerprint density at radius 2 is 2.04 bits per heavy atom. The van der Waals surface area contributed by atoms with Gasteiger partial charge in [-0.2, -0.15) is 5.26 Å². The van der Waals surface area contributed by atoms with Crippen molar-refractivity contribution in [2.24, 2.45) is 0 Å². The molecule has 0 heterocycles. The first-order valence-corrected chi connectivity index (χ1v) is 7.43. The van der Waals surface area contributed by atoms with E-state index in [1.54, 1.807) is 30.3 Å². The number of aliphatic hydroxyl groups excluding tert-OH is 1. The van der Waals surface area contributed by atoms with Crippen LogP contribution >= 0.6 is 23.2 Å². The number of carbonyl (C=O) groups excluding carboxylic acids is 1. The van der Waals surface area contributed by atoms with Crippen LogP contribution in [0.2, 0.25) is 10.0 Å². The lowest BCUT2D eigenvalue weighted by Crippen LogP contribution is -2.32. The third-order valence-corrected chi connectivity index (χ3v) is 3.58. The van der Waals surface area contributed by atoms with Crippen LogP contribution in [0.3, 0.4) is 0 Å². The molecule has 0 aliphatic carbocycles. The second kappa shape index (κ2) is 7.84. The van der Waals surface area contributed by atoms with Gasteiger partial charge in [0.25, 0.3) is 0 Å². The van der Waals surface area contributed by atoms with Gasteiger partial charge in [-0.3, -0.25) is 0 Å². The number of benzene rings is 2. The highest BCUT2D eigenvalue weighted by molar-refractivity contribution is 6.32. The van der Waals surface area contributed by atoms with E-state index in [4.69, 9.17) is 28.5 Å². The number of urea groups is 1. The standard InChI is InChI=1S/C16H13Cl2N3O2/c17-12-3-1-2-10(6-12)15(22)9-20-16(23)21-13-5-4-11(8-19)14(18)7-13/h1-7,15,22H,9H2,(H2,20,21,23)/t15-/m1/s1. The Bertz CT molecular complexity index is 759. The van der Waals surface area contributed by atoms with Gasteiger partial charge in [-0.05, 0) is 35.9 Å². The zero-order valence-electron chi connectivity index (χ0n) is 11.9. The highest BCUT2D eigenvalue weighted by atomic mass is 35.5. The predicted octanol–water partition coefficient (Wildman–Crippen LogP) is 3.72. The lowest BCUT2D eigenvalue weighted by Gasteiger charge is -2.13. The predicted molar refractivity (Wildman–Crippen MR) is 89.6 cm³/mol. The van der Waals surface area contributed by atoms with Crippen LogP contribution < -0.4 is 10.6 Å². The van der Waals surface area contributed by atoms with E-state index in [0.29, 0.717) is 21.8 Å². The summed E-state index contributed by atoms with van der Waals surface area (Å²) in [6.45, 7) is 0.0240. The summed E-state index contributed by atoms with van der Waals surface area (Å²) in [6, 6.07) is 12.8. The molecule has 0 unspecified atom stereocenters. The Balaban J connectivity index is 1.90. The number of nitrogens with one attached hydrogen (secondary N) is 2. The Morgan fingerprint density at radius 3 is 2.70 bits per heavy atom. The fraction of sp³-hybridized carbons (Fsp3) is 0.125. The van der Waals surface area contributed by atoms with Gasteiger partial charge in [-0.1, -0.05) is 35.3 Å². The van der Waals surface area contributed by atoms with Crippen molar-refractivity contribution < 1.29 is 9.90 Å². The summed E-state index contributed by atoms with van der Waals surface area (Å²) in [5.74, 6) is 0. The van der Waals surface area contributed by atoms with Crippen molar-refractivity contribution in [3.63, 3.8) is 0 Å². The van der Waals surface area contributed by atoms with Crippen molar-refractivity contribution in [3.8, 4) is 6.07 Å². The number of amides is 2. The number of hydrogen-bond donors (Lipinski definition) is 3. The van der Waals surface area contributed by atoms with Crippen molar-refractivity contribution in [2.45, 2.75) is 6.10 Å². The number of nitriles is 1. The van der Waals surface area contributed by atoms with E-state index in [-0.39, 0.29) is 11.6 Å². The minimum Gasteiger partial charge on any atom is -0.387 e. The van der Waals surface area contributed by atoms with Crippen LogP contribution in [0.5, 0.6) is 0 Å². The first-order chi connectivity index (χ1) is 11.0. The van der Waals surface area contributed by atoms with Crippen molar-refractivity contribution in [1.29, 1.82) is 5.26 Å². The topological polar surface area (TPSA) is 85.2 Å². The zero-order chi connectivity index (χ0) is 16.8. The second-order valence-electron chi connectivity index (χ2n) is 4.71. The molecule has 3 N–H and O–H groups in total. The molecule has 0 aliphatic rings. The van der Waals surface area contributed by atoms with E-state index < -0.39 is 12.1 Å². The number of carbonyl (C=O) groups is 1. The van der Waals surface area contributed by atoms with E-state index in [1.165, 1.54) is 12.1 Å². The number of rotatable bonds is 4. The Morgan fingerprint density at radius 1 is 1.26 bits per heavy atom. The van der Waals surface area contributed by atoms with Crippen LogP contribution in [-0.2, 0) is 0 Å². The molecule has 2 aromatic rings. The number of nitrogens with zero attached hydrogens (tertiary/aromatic N) is 1. The van der Waals surface area contributed by atoms with Gasteiger partial charge in [-0.15, -0.1) is 0 Å². The van der Waals surface area contributed by atoms with Crippen molar-refractivity contribution in [2.75, 3.05) is 11.9 Å². The molecule has 2 amide bonds. The summed E-state index contributed by atoms with van der Waals surface area (Å²) in [7, 11) is 0. The van der Waals surface area contributed by atoms with E-state index in [2.05, 4.69) is 10.6 Å². The maximum absolute atomic E-state index is 11.8. The van der Waals surface area contributed by atoms with Gasteiger partial charge in [0.1, 0.15) is 6.07 Å². The van der Waals surface area contributed by atoms with Gasteiger partial charge in [-0.25, -0.2) is 4.79 Å². The van der Waals surface area contributed by atoms with Crippen LogP contribution in [0.25, 0.3) is 0 Å².